The van der Waals surface area contributed by atoms with E-state index in [9.17, 15) is 4.79 Å². The number of nitrogens with zero attached hydrogens (tertiary/aromatic N) is 5. The molecular formula is C24H29N5OS. The fraction of sp³-hybridized carbons (Fsp3) is 0.417. The first kappa shape index (κ1) is 21.6. The summed E-state index contributed by atoms with van der Waals surface area (Å²) in [4.78, 5) is 19.2. The van der Waals surface area contributed by atoms with E-state index in [0.29, 0.717) is 5.92 Å². The summed E-state index contributed by atoms with van der Waals surface area (Å²) in [6, 6.07) is 10.2. The van der Waals surface area contributed by atoms with Gasteiger partial charge in [0.05, 0.1) is 10.9 Å². The minimum atomic E-state index is -0.229. The van der Waals surface area contributed by atoms with Crippen molar-refractivity contribution in [2.75, 3.05) is 13.1 Å². The van der Waals surface area contributed by atoms with Crippen molar-refractivity contribution >= 4 is 17.7 Å². The Morgan fingerprint density at radius 2 is 1.77 bits per heavy atom. The van der Waals surface area contributed by atoms with E-state index < -0.39 is 0 Å². The van der Waals surface area contributed by atoms with Gasteiger partial charge in [-0.2, -0.15) is 0 Å². The van der Waals surface area contributed by atoms with Gasteiger partial charge in [-0.25, -0.2) is 0 Å². The molecule has 1 unspecified atom stereocenters. The van der Waals surface area contributed by atoms with Crippen molar-refractivity contribution in [3.63, 3.8) is 0 Å². The van der Waals surface area contributed by atoms with Crippen LogP contribution < -0.4 is 0 Å². The highest BCUT2D eigenvalue weighted by atomic mass is 32.2. The predicted molar refractivity (Wildman–Crippen MR) is 124 cm³/mol. The molecule has 31 heavy (non-hydrogen) atoms. The Balaban J connectivity index is 1.66. The molecule has 0 radical (unpaired) electrons. The molecule has 0 N–H and O–H groups in total. The minimum absolute atomic E-state index is 0.178. The maximum atomic E-state index is 13.1. The van der Waals surface area contributed by atoms with Crippen LogP contribution in [0.1, 0.15) is 37.8 Å². The smallest absolute Gasteiger partial charge is 0.235 e. The number of pyridine rings is 1. The van der Waals surface area contributed by atoms with E-state index in [2.05, 4.69) is 58.7 Å². The van der Waals surface area contributed by atoms with Gasteiger partial charge in [0.25, 0.3) is 0 Å². The first-order valence-corrected chi connectivity index (χ1v) is 11.7. The number of benzene rings is 1. The largest absolute Gasteiger partial charge is 0.342 e. The summed E-state index contributed by atoms with van der Waals surface area (Å²) in [5, 5.41) is 9.47. The first-order chi connectivity index (χ1) is 14.9. The van der Waals surface area contributed by atoms with Gasteiger partial charge in [0.15, 0.2) is 11.0 Å². The van der Waals surface area contributed by atoms with Crippen LogP contribution in [0.25, 0.3) is 17.1 Å². The second-order valence-electron chi connectivity index (χ2n) is 8.41. The summed E-state index contributed by atoms with van der Waals surface area (Å²) in [7, 11) is 0. The number of hydrogen-bond donors (Lipinski definition) is 0. The lowest BCUT2D eigenvalue weighted by Crippen LogP contribution is -2.41. The van der Waals surface area contributed by atoms with Gasteiger partial charge in [0, 0.05) is 31.0 Å². The Morgan fingerprint density at radius 1 is 1.06 bits per heavy atom. The molecule has 1 aliphatic rings. The molecule has 7 heteroatoms. The number of aryl methyl sites for hydroxylation is 2. The zero-order valence-electron chi connectivity index (χ0n) is 18.6. The van der Waals surface area contributed by atoms with Crippen LogP contribution in [0, 0.1) is 19.8 Å². The lowest BCUT2D eigenvalue weighted by atomic mass is 9.99. The maximum absolute atomic E-state index is 13.1. The second kappa shape index (κ2) is 9.22. The van der Waals surface area contributed by atoms with Crippen LogP contribution in [-0.2, 0) is 4.79 Å². The highest BCUT2D eigenvalue weighted by molar-refractivity contribution is 8.00. The molecule has 0 spiro atoms. The third-order valence-corrected chi connectivity index (χ3v) is 7.08. The number of piperidine rings is 1. The Kier molecular flexibility index (Phi) is 6.41. The number of hydrogen-bond acceptors (Lipinski definition) is 5. The molecule has 1 fully saturated rings. The Bertz CT molecular complexity index is 1060. The van der Waals surface area contributed by atoms with E-state index in [4.69, 9.17) is 0 Å². The molecule has 1 amide bonds. The van der Waals surface area contributed by atoms with Crippen LogP contribution in [0.2, 0.25) is 0 Å². The molecule has 0 bridgehead atoms. The van der Waals surface area contributed by atoms with E-state index in [1.165, 1.54) is 22.9 Å². The summed E-state index contributed by atoms with van der Waals surface area (Å²) >= 11 is 1.48. The normalized spacial score (nSPS) is 15.8. The summed E-state index contributed by atoms with van der Waals surface area (Å²) in [6.45, 7) is 10.1. The molecule has 3 aromatic rings. The Hall–Kier alpha value is -2.67. The molecule has 1 aromatic carbocycles. The SMILES string of the molecule is Cc1ccc(-n2c(SC(C)C(=O)N3CCC(C)CC3)nnc2-c2ccncc2)cc1C. The van der Waals surface area contributed by atoms with Gasteiger partial charge in [0.2, 0.25) is 5.91 Å². The van der Waals surface area contributed by atoms with Crippen molar-refractivity contribution in [3.8, 4) is 17.1 Å². The van der Waals surface area contributed by atoms with Crippen molar-refractivity contribution in [2.45, 2.75) is 50.9 Å². The van der Waals surface area contributed by atoms with Crippen LogP contribution in [-0.4, -0.2) is 48.9 Å². The molecule has 1 saturated heterocycles. The fourth-order valence-electron chi connectivity index (χ4n) is 3.83. The van der Waals surface area contributed by atoms with E-state index in [1.807, 2.05) is 24.0 Å². The van der Waals surface area contributed by atoms with Gasteiger partial charge in [-0.05, 0) is 74.9 Å². The molecule has 0 aliphatic carbocycles. The number of carbonyl (C=O) groups excluding carboxylic acids is 1. The zero-order chi connectivity index (χ0) is 22.0. The minimum Gasteiger partial charge on any atom is -0.342 e. The highest BCUT2D eigenvalue weighted by Gasteiger charge is 2.27. The van der Waals surface area contributed by atoms with Gasteiger partial charge < -0.3 is 4.90 Å². The second-order valence-corrected chi connectivity index (χ2v) is 9.72. The molecule has 0 saturated carbocycles. The van der Waals surface area contributed by atoms with Crippen LogP contribution in [0.4, 0.5) is 0 Å². The van der Waals surface area contributed by atoms with Gasteiger partial charge in [0.1, 0.15) is 0 Å². The van der Waals surface area contributed by atoms with Crippen LogP contribution in [0.5, 0.6) is 0 Å². The van der Waals surface area contributed by atoms with Crippen molar-refractivity contribution < 1.29 is 4.79 Å². The first-order valence-electron chi connectivity index (χ1n) is 10.8. The topological polar surface area (TPSA) is 63.9 Å². The third kappa shape index (κ3) is 4.66. The molecule has 1 aliphatic heterocycles. The van der Waals surface area contributed by atoms with Crippen LogP contribution >= 0.6 is 11.8 Å². The number of likely N-dealkylation sites (tertiary alicyclic amines) is 1. The van der Waals surface area contributed by atoms with Gasteiger partial charge in [-0.1, -0.05) is 24.8 Å². The monoisotopic (exact) mass is 435 g/mol. The van der Waals surface area contributed by atoms with Crippen molar-refractivity contribution in [3.05, 3.63) is 53.9 Å². The number of thioether (sulfide) groups is 1. The van der Waals surface area contributed by atoms with Crippen LogP contribution in [0.3, 0.4) is 0 Å². The lowest BCUT2D eigenvalue weighted by molar-refractivity contribution is -0.131. The molecular weight excluding hydrogens is 406 g/mol. The predicted octanol–water partition coefficient (Wildman–Crippen LogP) is 4.69. The molecule has 3 heterocycles. The number of amides is 1. The molecule has 2 aromatic heterocycles. The molecule has 6 nitrogen and oxygen atoms in total. The third-order valence-electron chi connectivity index (χ3n) is 6.05. The van der Waals surface area contributed by atoms with Gasteiger partial charge >= 0.3 is 0 Å². The average molecular weight is 436 g/mol. The van der Waals surface area contributed by atoms with Crippen LogP contribution in [0.15, 0.2) is 47.9 Å². The van der Waals surface area contributed by atoms with E-state index in [-0.39, 0.29) is 11.2 Å². The number of rotatable bonds is 5. The molecule has 1 atom stereocenters. The van der Waals surface area contributed by atoms with Crippen molar-refractivity contribution in [1.82, 2.24) is 24.6 Å². The zero-order valence-corrected chi connectivity index (χ0v) is 19.4. The Labute approximate surface area is 188 Å². The highest BCUT2D eigenvalue weighted by Crippen LogP contribution is 2.31. The fourth-order valence-corrected chi connectivity index (χ4v) is 4.78. The van der Waals surface area contributed by atoms with E-state index >= 15 is 0 Å². The van der Waals surface area contributed by atoms with Crippen molar-refractivity contribution in [2.24, 2.45) is 5.92 Å². The summed E-state index contributed by atoms with van der Waals surface area (Å²) in [6.07, 6.45) is 5.67. The van der Waals surface area contributed by atoms with Gasteiger partial charge in [-0.15, -0.1) is 10.2 Å². The summed E-state index contributed by atoms with van der Waals surface area (Å²) in [5.74, 6) is 1.62. The van der Waals surface area contributed by atoms with Gasteiger partial charge in [-0.3, -0.25) is 14.3 Å². The molecule has 4 rings (SSSR count). The maximum Gasteiger partial charge on any atom is 0.235 e. The summed E-state index contributed by atoms with van der Waals surface area (Å²) < 4.78 is 2.05. The standard InChI is InChI=1S/C24H29N5OS/c1-16-9-13-28(14-10-16)23(30)19(4)31-24-27-26-22(20-7-11-25-12-8-20)29(24)21-6-5-17(2)18(3)15-21/h5-8,11-12,15-16,19H,9-10,13-14H2,1-4H3. The lowest BCUT2D eigenvalue weighted by Gasteiger charge is -2.32. The van der Waals surface area contributed by atoms with Crippen molar-refractivity contribution in [1.29, 1.82) is 0 Å². The number of carbonyl (C=O) groups is 1. The summed E-state index contributed by atoms with van der Waals surface area (Å²) in [5.41, 5.74) is 4.37. The quantitative estimate of drug-likeness (QED) is 0.544. The van der Waals surface area contributed by atoms with E-state index in [0.717, 1.165) is 48.2 Å². The number of aromatic nitrogens is 4. The Morgan fingerprint density at radius 3 is 2.45 bits per heavy atom. The average Bonchev–Trinajstić information content (AvgIpc) is 3.19. The van der Waals surface area contributed by atoms with E-state index in [1.54, 1.807) is 12.4 Å². The molecule has 162 valence electrons.